The van der Waals surface area contributed by atoms with Gasteiger partial charge in [0.2, 0.25) is 0 Å². The highest BCUT2D eigenvalue weighted by molar-refractivity contribution is 6.61. The fraction of sp³-hybridized carbons (Fsp3) is 0.583. The fourth-order valence-electron chi connectivity index (χ4n) is 7.06. The highest BCUT2D eigenvalue weighted by atomic mass is 15.3. The molecule has 31 heavy (non-hydrogen) atoms. The highest BCUT2D eigenvalue weighted by Crippen LogP contribution is 2.42. The van der Waals surface area contributed by atoms with Crippen LogP contribution in [0.2, 0.25) is 18.5 Å². The van der Waals surface area contributed by atoms with Crippen LogP contribution in [0.5, 0.6) is 0 Å². The van der Waals surface area contributed by atoms with Gasteiger partial charge in [-0.2, -0.15) is 5.26 Å². The minimum absolute atomic E-state index is 0.467. The SMILES string of the molecule is [B]c1ccc2c(N3CC(C)N4CC(B5CC6CCC(C5)N6)CC4C3)ccc(C#N)c2n1. The number of anilines is 1. The summed E-state index contributed by atoms with van der Waals surface area (Å²) >= 11 is 0. The number of nitriles is 1. The van der Waals surface area contributed by atoms with Gasteiger partial charge >= 0.3 is 0 Å². The Morgan fingerprint density at radius 1 is 1.13 bits per heavy atom. The van der Waals surface area contributed by atoms with Crippen molar-refractivity contribution in [3.8, 4) is 6.07 Å². The molecule has 5 unspecified atom stereocenters. The summed E-state index contributed by atoms with van der Waals surface area (Å²) in [6.45, 7) is 6.63. The van der Waals surface area contributed by atoms with E-state index in [4.69, 9.17) is 7.85 Å². The highest BCUT2D eigenvalue weighted by Gasteiger charge is 2.46. The molecule has 4 aliphatic heterocycles. The van der Waals surface area contributed by atoms with Crippen molar-refractivity contribution in [3.05, 3.63) is 29.8 Å². The van der Waals surface area contributed by atoms with Gasteiger partial charge in [-0.25, -0.2) is 0 Å². The summed E-state index contributed by atoms with van der Waals surface area (Å²) in [6.07, 6.45) is 6.86. The third-order valence-corrected chi connectivity index (χ3v) is 8.46. The quantitative estimate of drug-likeness (QED) is 0.771. The molecule has 1 aromatic carbocycles. The molecule has 0 amide bonds. The zero-order valence-corrected chi connectivity index (χ0v) is 18.3. The number of hydrogen-bond donors (Lipinski definition) is 1. The number of aromatic nitrogens is 1. The molecule has 0 aliphatic carbocycles. The van der Waals surface area contributed by atoms with Gasteiger partial charge in [-0.05, 0) is 62.3 Å². The number of rotatable bonds is 2. The molecule has 1 N–H and O–H groups in total. The van der Waals surface area contributed by atoms with Crippen molar-refractivity contribution in [3.63, 3.8) is 0 Å². The molecule has 5 nitrogen and oxygen atoms in total. The molecule has 1 aromatic heterocycles. The molecular formula is C24H29B2N5. The Hall–Kier alpha value is -2.03. The average Bonchev–Trinajstić information content (AvgIpc) is 3.35. The Labute approximate surface area is 186 Å². The number of fused-ring (bicyclic) bond motifs is 4. The van der Waals surface area contributed by atoms with Crippen molar-refractivity contribution in [1.29, 1.82) is 5.26 Å². The standard InChI is InChI=1S/C24H29B2N5/c1-15-12-30(22-6-2-16(11-27)24-21(22)5-7-23(25)29-24)14-20-8-17(13-31(15)20)26-9-18-3-4-19(10-26)28-18/h2,5-7,15,17-20,28H,3-4,8-10,12-14H2,1H3. The Morgan fingerprint density at radius 2 is 1.94 bits per heavy atom. The average molecular weight is 409 g/mol. The summed E-state index contributed by atoms with van der Waals surface area (Å²) in [7, 11) is 5.93. The van der Waals surface area contributed by atoms with E-state index in [2.05, 4.69) is 39.2 Å². The van der Waals surface area contributed by atoms with Crippen molar-refractivity contribution >= 4 is 36.7 Å². The van der Waals surface area contributed by atoms with Crippen LogP contribution in [0.4, 0.5) is 5.69 Å². The summed E-state index contributed by atoms with van der Waals surface area (Å²) in [6, 6.07) is 12.9. The Bertz CT molecular complexity index is 1040. The molecule has 2 bridgehead atoms. The molecule has 2 radical (unpaired) electrons. The molecular weight excluding hydrogens is 380 g/mol. The van der Waals surface area contributed by atoms with Crippen molar-refractivity contribution in [2.45, 2.75) is 68.8 Å². The number of pyridine rings is 1. The molecule has 0 saturated carbocycles. The van der Waals surface area contributed by atoms with Crippen LogP contribution in [-0.2, 0) is 0 Å². The predicted molar refractivity (Wildman–Crippen MR) is 128 cm³/mol. The number of benzene rings is 1. The van der Waals surface area contributed by atoms with Crippen molar-refractivity contribution in [2.24, 2.45) is 0 Å². The van der Waals surface area contributed by atoms with Crippen molar-refractivity contribution in [2.75, 3.05) is 24.5 Å². The van der Waals surface area contributed by atoms with Gasteiger partial charge < -0.3 is 10.2 Å². The van der Waals surface area contributed by atoms with Gasteiger partial charge in [-0.3, -0.25) is 9.88 Å². The number of nitrogens with one attached hydrogen (secondary N) is 1. The van der Waals surface area contributed by atoms with Crippen LogP contribution in [0, 0.1) is 11.3 Å². The van der Waals surface area contributed by atoms with E-state index in [1.54, 1.807) is 0 Å². The number of piperazine rings is 1. The molecule has 6 rings (SSSR count). The molecule has 2 aromatic rings. The lowest BCUT2D eigenvalue weighted by Crippen LogP contribution is -2.55. The second-order valence-corrected chi connectivity index (χ2v) is 10.3. The van der Waals surface area contributed by atoms with Gasteiger partial charge in [0.1, 0.15) is 20.6 Å². The van der Waals surface area contributed by atoms with Crippen LogP contribution in [0.15, 0.2) is 24.3 Å². The third-order valence-electron chi connectivity index (χ3n) is 8.46. The Balaban J connectivity index is 1.25. The van der Waals surface area contributed by atoms with Gasteiger partial charge in [0.15, 0.2) is 0 Å². The molecule has 4 aliphatic rings. The van der Waals surface area contributed by atoms with Gasteiger partial charge in [0, 0.05) is 48.3 Å². The second-order valence-electron chi connectivity index (χ2n) is 10.3. The van der Waals surface area contributed by atoms with E-state index in [9.17, 15) is 5.26 Å². The molecule has 5 atom stereocenters. The lowest BCUT2D eigenvalue weighted by atomic mass is 9.34. The summed E-state index contributed by atoms with van der Waals surface area (Å²) < 4.78 is 0. The van der Waals surface area contributed by atoms with E-state index >= 15 is 0 Å². The lowest BCUT2D eigenvalue weighted by Gasteiger charge is -2.43. The number of nitrogens with zero attached hydrogens (tertiary/aromatic N) is 4. The monoisotopic (exact) mass is 409 g/mol. The van der Waals surface area contributed by atoms with Crippen LogP contribution in [0.25, 0.3) is 10.9 Å². The zero-order chi connectivity index (χ0) is 21.1. The topological polar surface area (TPSA) is 55.2 Å². The first kappa shape index (κ1) is 19.6. The molecule has 4 saturated heterocycles. The largest absolute Gasteiger partial charge is 0.368 e. The van der Waals surface area contributed by atoms with Crippen LogP contribution >= 0.6 is 0 Å². The summed E-state index contributed by atoms with van der Waals surface area (Å²) in [5, 5.41) is 14.4. The maximum absolute atomic E-state index is 9.53. The summed E-state index contributed by atoms with van der Waals surface area (Å²) in [4.78, 5) is 9.81. The molecule has 5 heterocycles. The zero-order valence-electron chi connectivity index (χ0n) is 18.3. The van der Waals surface area contributed by atoms with E-state index in [1.807, 2.05) is 18.2 Å². The minimum atomic E-state index is 0.467. The fourth-order valence-corrected chi connectivity index (χ4v) is 7.06. The van der Waals surface area contributed by atoms with Crippen molar-refractivity contribution < 1.29 is 0 Å². The summed E-state index contributed by atoms with van der Waals surface area (Å²) in [5.41, 5.74) is 2.98. The van der Waals surface area contributed by atoms with Crippen LogP contribution in [0.3, 0.4) is 0 Å². The normalized spacial score (nSPS) is 33.0. The van der Waals surface area contributed by atoms with Gasteiger partial charge in [-0.1, -0.05) is 18.7 Å². The maximum atomic E-state index is 9.53. The Morgan fingerprint density at radius 3 is 2.71 bits per heavy atom. The van der Waals surface area contributed by atoms with E-state index in [0.717, 1.165) is 48.6 Å². The first-order chi connectivity index (χ1) is 15.1. The lowest BCUT2D eigenvalue weighted by molar-refractivity contribution is 0.166. The van der Waals surface area contributed by atoms with Gasteiger partial charge in [0.05, 0.1) is 11.1 Å². The predicted octanol–water partition coefficient (Wildman–Crippen LogP) is 2.18. The van der Waals surface area contributed by atoms with Gasteiger partial charge in [-0.15, -0.1) is 0 Å². The van der Waals surface area contributed by atoms with E-state index in [1.165, 1.54) is 44.1 Å². The van der Waals surface area contributed by atoms with Crippen LogP contribution in [-0.4, -0.2) is 68.2 Å². The molecule has 7 heteroatoms. The molecule has 156 valence electrons. The maximum Gasteiger partial charge on any atom is 0.147 e. The molecule has 0 spiro atoms. The molecule has 4 fully saturated rings. The second kappa shape index (κ2) is 7.53. The first-order valence-corrected chi connectivity index (χ1v) is 11.9. The first-order valence-electron chi connectivity index (χ1n) is 11.9. The number of hydrogen-bond acceptors (Lipinski definition) is 5. The minimum Gasteiger partial charge on any atom is -0.368 e. The van der Waals surface area contributed by atoms with E-state index in [0.29, 0.717) is 23.2 Å². The van der Waals surface area contributed by atoms with E-state index < -0.39 is 0 Å². The Kier molecular flexibility index (Phi) is 4.77. The van der Waals surface area contributed by atoms with Crippen LogP contribution < -0.4 is 15.8 Å². The van der Waals surface area contributed by atoms with Gasteiger partial charge in [0.25, 0.3) is 0 Å². The van der Waals surface area contributed by atoms with Crippen LogP contribution in [0.1, 0.15) is 31.7 Å². The van der Waals surface area contributed by atoms with E-state index in [-0.39, 0.29) is 0 Å². The van der Waals surface area contributed by atoms with Crippen molar-refractivity contribution in [1.82, 2.24) is 15.2 Å². The third kappa shape index (κ3) is 3.36. The summed E-state index contributed by atoms with van der Waals surface area (Å²) in [5.74, 6) is 0.844. The smallest absolute Gasteiger partial charge is 0.147 e.